The Hall–Kier alpha value is -2.61. The molecule has 0 spiro atoms. The van der Waals surface area contributed by atoms with Crippen LogP contribution in [0.25, 0.3) is 5.73 Å². The van der Waals surface area contributed by atoms with Gasteiger partial charge in [-0.2, -0.15) is 0 Å². The smallest absolute Gasteiger partial charge is 0.326 e. The van der Waals surface area contributed by atoms with Gasteiger partial charge in [0.25, 0.3) is 0 Å². The summed E-state index contributed by atoms with van der Waals surface area (Å²) in [5.41, 5.74) is 7.51. The number of hydrogen-bond acceptors (Lipinski definition) is 11. The number of rotatable bonds is 44. The van der Waals surface area contributed by atoms with Crippen LogP contribution in [0.1, 0.15) is 190 Å². The van der Waals surface area contributed by atoms with Gasteiger partial charge in [-0.1, -0.05) is 157 Å². The molecule has 7 N–H and O–H groups in total. The average molecular weight is 1050 g/mol. The number of ketones is 1. The molecule has 0 aromatic carbocycles. The number of carboxylic acid groups (broad SMARTS) is 2. The molecule has 68 heavy (non-hydrogen) atoms. The van der Waals surface area contributed by atoms with E-state index in [0.29, 0.717) is 32.2 Å². The van der Waals surface area contributed by atoms with E-state index in [1.165, 1.54) is 90.4 Å². The van der Waals surface area contributed by atoms with Crippen molar-refractivity contribution < 1.29 is 95.4 Å². The van der Waals surface area contributed by atoms with Crippen molar-refractivity contribution in [2.45, 2.75) is 202 Å². The fourth-order valence-electron chi connectivity index (χ4n) is 5.67. The van der Waals surface area contributed by atoms with E-state index in [1.807, 2.05) is 41.5 Å². The van der Waals surface area contributed by atoms with Crippen LogP contribution in [0.3, 0.4) is 0 Å². The molecule has 4 amide bonds. The molecule has 0 aliphatic carbocycles. The van der Waals surface area contributed by atoms with Crippen molar-refractivity contribution in [3.05, 3.63) is 5.73 Å². The number of nitrogens with one attached hydrogen (secondary N) is 5. The Bertz CT molecular complexity index is 1140. The number of aliphatic carboxylic acids is 2. The molecule has 0 aliphatic heterocycles. The van der Waals surface area contributed by atoms with E-state index in [4.69, 9.17) is 34.9 Å². The third-order valence-electron chi connectivity index (χ3n) is 9.30. The fourth-order valence-corrected chi connectivity index (χ4v) is 5.67. The zero-order chi connectivity index (χ0) is 51.6. The second kappa shape index (κ2) is 66.5. The topological polar surface area (TPSA) is 269 Å². The number of hydrogen-bond donors (Lipinski definition) is 6. The van der Waals surface area contributed by atoms with Crippen LogP contribution < -0.4 is 21.3 Å². The van der Waals surface area contributed by atoms with Crippen molar-refractivity contribution in [3.8, 4) is 0 Å². The van der Waals surface area contributed by atoms with Crippen molar-refractivity contribution in [1.82, 2.24) is 21.3 Å². The van der Waals surface area contributed by atoms with Gasteiger partial charge in [0.2, 0.25) is 24.1 Å². The Labute approximate surface area is 436 Å². The van der Waals surface area contributed by atoms with Crippen LogP contribution in [0, 0.1) is 0 Å². The molecule has 0 bridgehead atoms. The van der Waals surface area contributed by atoms with Gasteiger partial charge in [-0.15, -0.1) is 0 Å². The largest absolute Gasteiger partial charge is 0.668 e. The van der Waals surface area contributed by atoms with Crippen LogP contribution in [-0.4, -0.2) is 137 Å². The molecule has 19 heteroatoms. The number of carboxylic acids is 2. The predicted octanol–water partition coefficient (Wildman–Crippen LogP) is 7.97. The van der Waals surface area contributed by atoms with Crippen LogP contribution in [0.5, 0.6) is 0 Å². The minimum Gasteiger partial charge on any atom is -0.668 e. The third-order valence-corrected chi connectivity index (χ3v) is 9.30. The van der Waals surface area contributed by atoms with Gasteiger partial charge in [-0.25, -0.2) is 4.79 Å². The van der Waals surface area contributed by atoms with E-state index in [1.54, 1.807) is 0 Å². The van der Waals surface area contributed by atoms with Crippen molar-refractivity contribution in [2.75, 3.05) is 72.5 Å². The SMILES string of the molecule is CC.CC.CC.CC(=O)C([NH-])CCCCNC(=O)COCCOCCNC(=O)COCCOCCNC(=O)CCC(NC=O)C(=O)O.CCCCCCCCCCCCCCCCCC(=O)O.[Y]. The van der Waals surface area contributed by atoms with Crippen LogP contribution in [0.15, 0.2) is 0 Å². The van der Waals surface area contributed by atoms with Crippen LogP contribution >= 0.6 is 0 Å². The summed E-state index contributed by atoms with van der Waals surface area (Å²) in [6.45, 7) is 17.7. The molecular weight excluding hydrogens is 955 g/mol. The molecule has 18 nitrogen and oxygen atoms in total. The minimum absolute atomic E-state index is 0. The number of unbranched alkanes of at least 4 members (excludes halogenated alkanes) is 15. The first-order chi connectivity index (χ1) is 32.4. The Balaban J connectivity index is -0.000000298. The molecular formula is C49H98N5O13Y-. The first-order valence-corrected chi connectivity index (χ1v) is 25.4. The summed E-state index contributed by atoms with van der Waals surface area (Å²) in [4.78, 5) is 77.6. The summed E-state index contributed by atoms with van der Waals surface area (Å²) in [7, 11) is 0. The van der Waals surface area contributed by atoms with Crippen LogP contribution in [0.4, 0.5) is 0 Å². The third kappa shape index (κ3) is 67.7. The van der Waals surface area contributed by atoms with Gasteiger partial charge in [-0.3, -0.25) is 24.0 Å². The summed E-state index contributed by atoms with van der Waals surface area (Å²) in [6, 6.07) is -1.81. The Morgan fingerprint density at radius 2 is 0.912 bits per heavy atom. The number of ether oxygens (including phenoxy) is 4. The zero-order valence-corrected chi connectivity index (χ0v) is 46.7. The molecule has 1 radical (unpaired) electrons. The quantitative estimate of drug-likeness (QED) is 0.0250. The van der Waals surface area contributed by atoms with Gasteiger partial charge in [0.15, 0.2) is 0 Å². The minimum atomic E-state index is -1.21. The molecule has 0 heterocycles. The standard InChI is InChI=1S/C25H44N5O11.C18H36O2.3C2H6.Y/c1-19(32)20(26)4-2-3-7-27-23(34)16-40-14-13-39-11-9-29-24(35)17-41-15-12-38-10-8-28-22(33)6-5-21(25(36)37)30-18-31;1-2-3-4-5-6-7-8-9-10-11-12-13-14-15-16-17-18(19)20;3*1-2;/h18,20-21,26H,2-17H2,1H3,(H,27,34)(H,28,33)(H,29,35)(H,30,31)(H,36,37);2-17H2,1H3,(H,19,20);3*1-2H3;/q-1;;;;;. The molecule has 2 unspecified atom stereocenters. The van der Waals surface area contributed by atoms with E-state index >= 15 is 0 Å². The maximum Gasteiger partial charge on any atom is 0.326 e. The number of amides is 4. The summed E-state index contributed by atoms with van der Waals surface area (Å²) in [6.07, 6.45) is 22.2. The van der Waals surface area contributed by atoms with E-state index in [9.17, 15) is 33.6 Å². The number of carbonyl (C=O) groups is 7. The molecule has 2 atom stereocenters. The molecule has 401 valence electrons. The fraction of sp³-hybridized carbons (Fsp3) is 0.857. The second-order valence-corrected chi connectivity index (χ2v) is 14.8. The summed E-state index contributed by atoms with van der Waals surface area (Å²) in [5, 5.41) is 27.4. The van der Waals surface area contributed by atoms with E-state index < -0.39 is 24.0 Å². The van der Waals surface area contributed by atoms with E-state index in [-0.39, 0.29) is 141 Å². The molecule has 0 aliphatic rings. The van der Waals surface area contributed by atoms with E-state index in [2.05, 4.69) is 28.2 Å². The van der Waals surface area contributed by atoms with Gasteiger partial charge in [0.1, 0.15) is 25.0 Å². The van der Waals surface area contributed by atoms with Gasteiger partial charge < -0.3 is 61.0 Å². The summed E-state index contributed by atoms with van der Waals surface area (Å²) >= 11 is 0. The molecule has 0 rings (SSSR count). The maximum absolute atomic E-state index is 11.7. The van der Waals surface area contributed by atoms with Crippen LogP contribution in [-0.2, 0) is 85.2 Å². The van der Waals surface area contributed by atoms with Gasteiger partial charge in [0, 0.05) is 65.2 Å². The maximum atomic E-state index is 11.7. The molecule has 0 saturated heterocycles. The number of Topliss-reactive ketones (excluding diaryl/α,β-unsaturated/α-hetero) is 1. The Kier molecular flexibility index (Phi) is 75.1. The first kappa shape index (κ1) is 76.9. The van der Waals surface area contributed by atoms with E-state index in [0.717, 1.165) is 12.8 Å². The second-order valence-electron chi connectivity index (χ2n) is 14.8. The summed E-state index contributed by atoms with van der Waals surface area (Å²) in [5.74, 6) is -2.96. The summed E-state index contributed by atoms with van der Waals surface area (Å²) < 4.78 is 21.0. The predicted molar refractivity (Wildman–Crippen MR) is 266 cm³/mol. The van der Waals surface area contributed by atoms with Gasteiger partial charge >= 0.3 is 11.9 Å². The molecule has 0 fully saturated rings. The number of carbonyl (C=O) groups excluding carboxylic acids is 5. The van der Waals surface area contributed by atoms with Crippen molar-refractivity contribution >= 4 is 41.9 Å². The Morgan fingerprint density at radius 1 is 0.515 bits per heavy atom. The molecule has 0 aromatic rings. The van der Waals surface area contributed by atoms with Gasteiger partial charge in [0.05, 0.1) is 39.6 Å². The van der Waals surface area contributed by atoms with Crippen LogP contribution in [0.2, 0.25) is 0 Å². The van der Waals surface area contributed by atoms with Crippen molar-refractivity contribution in [3.63, 3.8) is 0 Å². The molecule has 0 aromatic heterocycles. The van der Waals surface area contributed by atoms with Crippen molar-refractivity contribution in [2.24, 2.45) is 0 Å². The van der Waals surface area contributed by atoms with Gasteiger partial charge in [-0.05, 0) is 26.2 Å². The van der Waals surface area contributed by atoms with Crippen molar-refractivity contribution in [1.29, 1.82) is 0 Å². The average Bonchev–Trinajstić information content (AvgIpc) is 3.32. The Morgan fingerprint density at radius 3 is 1.31 bits per heavy atom. The molecule has 0 saturated carbocycles. The first-order valence-electron chi connectivity index (χ1n) is 25.4. The normalized spacial score (nSPS) is 10.8. The zero-order valence-electron chi connectivity index (χ0n) is 43.8. The monoisotopic (exact) mass is 1050 g/mol.